The quantitative estimate of drug-likeness (QED) is 0.424. The summed E-state index contributed by atoms with van der Waals surface area (Å²) >= 11 is 13.1. The van der Waals surface area contributed by atoms with Crippen LogP contribution in [0.5, 0.6) is 11.5 Å². The molecule has 4 aromatic rings. The Kier molecular flexibility index (Phi) is 6.20. The summed E-state index contributed by atoms with van der Waals surface area (Å²) in [6, 6.07) is 10.1. The number of likely N-dealkylation sites (N-methyl/N-ethyl adjacent to an activating group) is 1. The second kappa shape index (κ2) is 9.29. The number of hydrogen-bond acceptors (Lipinski definition) is 7. The third-order valence-electron chi connectivity index (χ3n) is 6.13. The number of benzene rings is 2. The molecule has 0 atom stereocenters. The molecule has 0 aliphatic carbocycles. The summed E-state index contributed by atoms with van der Waals surface area (Å²) in [5, 5.41) is 8.93. The zero-order valence-corrected chi connectivity index (χ0v) is 20.6. The van der Waals surface area contributed by atoms with Crippen molar-refractivity contribution < 1.29 is 9.47 Å². The van der Waals surface area contributed by atoms with E-state index in [9.17, 15) is 0 Å². The highest BCUT2D eigenvalue weighted by Gasteiger charge is 2.22. The number of nitrogens with one attached hydrogen (secondary N) is 1. The molecule has 176 valence electrons. The lowest BCUT2D eigenvalue weighted by Crippen LogP contribution is -2.44. The van der Waals surface area contributed by atoms with Gasteiger partial charge in [0, 0.05) is 49.7 Å². The smallest absolute Gasteiger partial charge is 0.185 e. The molecule has 10 heteroatoms. The van der Waals surface area contributed by atoms with E-state index in [4.69, 9.17) is 32.7 Å². The number of rotatable bonds is 5. The lowest BCUT2D eigenvalue weighted by atomic mass is 10.1. The van der Waals surface area contributed by atoms with Crippen LogP contribution in [0.3, 0.4) is 0 Å². The van der Waals surface area contributed by atoms with Gasteiger partial charge in [0.15, 0.2) is 11.5 Å². The molecule has 0 radical (unpaired) electrons. The summed E-state index contributed by atoms with van der Waals surface area (Å²) in [6.07, 6.45) is 1.73. The van der Waals surface area contributed by atoms with Gasteiger partial charge in [-0.05, 0) is 19.2 Å². The van der Waals surface area contributed by atoms with Crippen LogP contribution in [0.15, 0.2) is 36.5 Å². The first kappa shape index (κ1) is 22.7. The lowest BCUT2D eigenvalue weighted by Gasteiger charge is -2.34. The average Bonchev–Trinajstić information content (AvgIpc) is 3.28. The van der Waals surface area contributed by atoms with Crippen LogP contribution >= 0.6 is 23.2 Å². The zero-order valence-electron chi connectivity index (χ0n) is 19.1. The maximum Gasteiger partial charge on any atom is 0.185 e. The molecule has 0 bridgehead atoms. The second-order valence-corrected chi connectivity index (χ2v) is 8.91. The minimum Gasteiger partial charge on any atom is -0.495 e. The highest BCUT2D eigenvalue weighted by atomic mass is 35.5. The van der Waals surface area contributed by atoms with Crippen LogP contribution in [0.25, 0.3) is 33.7 Å². The molecule has 2 aromatic heterocycles. The van der Waals surface area contributed by atoms with Crippen molar-refractivity contribution in [3.8, 4) is 34.1 Å². The first-order valence-electron chi connectivity index (χ1n) is 10.9. The van der Waals surface area contributed by atoms with Crippen molar-refractivity contribution in [2.24, 2.45) is 0 Å². The molecule has 34 heavy (non-hydrogen) atoms. The summed E-state index contributed by atoms with van der Waals surface area (Å²) in [5.74, 6) is 1.18. The van der Waals surface area contributed by atoms with Crippen molar-refractivity contribution in [3.63, 3.8) is 0 Å². The summed E-state index contributed by atoms with van der Waals surface area (Å²) in [5.41, 5.74) is 4.03. The van der Waals surface area contributed by atoms with E-state index in [0.29, 0.717) is 38.6 Å². The number of H-pyrrole nitrogens is 1. The average molecular weight is 499 g/mol. The van der Waals surface area contributed by atoms with Crippen LogP contribution in [0, 0.1) is 0 Å². The van der Waals surface area contributed by atoms with Gasteiger partial charge in [0.05, 0.1) is 40.9 Å². The minimum atomic E-state index is 0.308. The summed E-state index contributed by atoms with van der Waals surface area (Å²) in [6.45, 7) is 4.19. The fourth-order valence-corrected chi connectivity index (χ4v) is 4.80. The fraction of sp³-hybridized carbons (Fsp3) is 0.292. The molecule has 2 aromatic carbocycles. The van der Waals surface area contributed by atoms with Crippen molar-refractivity contribution in [1.82, 2.24) is 25.1 Å². The van der Waals surface area contributed by atoms with Gasteiger partial charge in [-0.3, -0.25) is 5.10 Å². The number of piperazine rings is 1. The number of aromatic amines is 1. The molecule has 0 saturated carbocycles. The Labute approximate surface area is 207 Å². The van der Waals surface area contributed by atoms with E-state index in [1.54, 1.807) is 12.3 Å². The molecule has 1 aliphatic heterocycles. The van der Waals surface area contributed by atoms with Crippen LogP contribution in [-0.4, -0.2) is 72.5 Å². The number of methoxy groups -OCH3 is 2. The third-order valence-corrected chi connectivity index (χ3v) is 6.88. The highest BCUT2D eigenvalue weighted by molar-refractivity contribution is 6.40. The predicted octanol–water partition coefficient (Wildman–Crippen LogP) is 4.76. The Bertz CT molecular complexity index is 1310. The van der Waals surface area contributed by atoms with Gasteiger partial charge in [0.2, 0.25) is 0 Å². The van der Waals surface area contributed by atoms with Crippen molar-refractivity contribution in [2.45, 2.75) is 0 Å². The Morgan fingerprint density at radius 3 is 2.21 bits per heavy atom. The standard InChI is InChI=1S/C24H24Cl2N6O2/c1-31-8-10-32(11-9-31)15-6-4-14(5-7-15)22-16-13-27-24(28-23(16)30-29-22)19-20(25)17(33-2)12-18(34-3)21(19)26/h4-7,12-13H,8-11H2,1-3H3,(H,27,28,29,30). The Morgan fingerprint density at radius 2 is 1.59 bits per heavy atom. The number of hydrogen-bond donors (Lipinski definition) is 1. The molecule has 8 nitrogen and oxygen atoms in total. The summed E-state index contributed by atoms with van der Waals surface area (Å²) < 4.78 is 10.7. The van der Waals surface area contributed by atoms with E-state index in [1.807, 2.05) is 0 Å². The highest BCUT2D eigenvalue weighted by Crippen LogP contribution is 2.45. The molecule has 0 unspecified atom stereocenters. The monoisotopic (exact) mass is 498 g/mol. The van der Waals surface area contributed by atoms with Gasteiger partial charge in [0.1, 0.15) is 11.5 Å². The number of aromatic nitrogens is 4. The van der Waals surface area contributed by atoms with Crippen molar-refractivity contribution in [2.75, 3.05) is 52.3 Å². The Balaban J connectivity index is 1.49. The Hall–Kier alpha value is -3.07. The van der Waals surface area contributed by atoms with Gasteiger partial charge in [-0.15, -0.1) is 0 Å². The van der Waals surface area contributed by atoms with E-state index in [1.165, 1.54) is 19.9 Å². The van der Waals surface area contributed by atoms with Crippen molar-refractivity contribution in [3.05, 3.63) is 46.6 Å². The maximum absolute atomic E-state index is 6.54. The first-order valence-corrected chi connectivity index (χ1v) is 11.6. The topological polar surface area (TPSA) is 79.4 Å². The van der Waals surface area contributed by atoms with Gasteiger partial charge < -0.3 is 19.3 Å². The molecule has 3 heterocycles. The molecular weight excluding hydrogens is 475 g/mol. The molecule has 1 N–H and O–H groups in total. The normalized spacial score (nSPS) is 14.6. The number of halogens is 2. The van der Waals surface area contributed by atoms with Gasteiger partial charge in [-0.25, -0.2) is 9.97 Å². The van der Waals surface area contributed by atoms with Crippen LogP contribution in [0.1, 0.15) is 0 Å². The summed E-state index contributed by atoms with van der Waals surface area (Å²) in [4.78, 5) is 13.9. The van der Waals surface area contributed by atoms with Gasteiger partial charge in [-0.1, -0.05) is 35.3 Å². The second-order valence-electron chi connectivity index (χ2n) is 8.15. The van der Waals surface area contributed by atoms with Crippen molar-refractivity contribution in [1.29, 1.82) is 0 Å². The molecular formula is C24H24Cl2N6O2. The van der Waals surface area contributed by atoms with Crippen LogP contribution in [0.4, 0.5) is 5.69 Å². The lowest BCUT2D eigenvalue weighted by molar-refractivity contribution is 0.313. The van der Waals surface area contributed by atoms with E-state index in [-0.39, 0.29) is 0 Å². The molecule has 5 rings (SSSR count). The van der Waals surface area contributed by atoms with Gasteiger partial charge in [0.25, 0.3) is 0 Å². The van der Waals surface area contributed by atoms with Crippen molar-refractivity contribution >= 4 is 39.9 Å². The number of nitrogens with zero attached hydrogens (tertiary/aromatic N) is 5. The van der Waals surface area contributed by atoms with Gasteiger partial charge >= 0.3 is 0 Å². The Morgan fingerprint density at radius 1 is 0.941 bits per heavy atom. The zero-order chi connectivity index (χ0) is 23.8. The van der Waals surface area contributed by atoms with Crippen LogP contribution in [-0.2, 0) is 0 Å². The molecule has 0 spiro atoms. The first-order chi connectivity index (χ1) is 16.5. The molecule has 0 amide bonds. The summed E-state index contributed by atoms with van der Waals surface area (Å²) in [7, 11) is 5.21. The largest absolute Gasteiger partial charge is 0.495 e. The fourth-order valence-electron chi connectivity index (χ4n) is 4.13. The van der Waals surface area contributed by atoms with Crippen LogP contribution < -0.4 is 14.4 Å². The number of anilines is 1. The number of fused-ring (bicyclic) bond motifs is 1. The number of ether oxygens (including phenoxy) is 2. The predicted molar refractivity (Wildman–Crippen MR) is 135 cm³/mol. The minimum absolute atomic E-state index is 0.308. The maximum atomic E-state index is 6.54. The van der Waals surface area contributed by atoms with E-state index in [2.05, 4.69) is 61.3 Å². The van der Waals surface area contributed by atoms with E-state index in [0.717, 1.165) is 42.8 Å². The van der Waals surface area contributed by atoms with Gasteiger partial charge in [-0.2, -0.15) is 5.10 Å². The molecule has 1 aliphatic rings. The molecule has 1 fully saturated rings. The van der Waals surface area contributed by atoms with E-state index < -0.39 is 0 Å². The third kappa shape index (κ3) is 4.02. The molecule has 1 saturated heterocycles. The van der Waals surface area contributed by atoms with E-state index >= 15 is 0 Å². The van der Waals surface area contributed by atoms with Crippen LogP contribution in [0.2, 0.25) is 10.0 Å². The SMILES string of the molecule is COc1cc(OC)c(Cl)c(-c2ncc3c(-c4ccc(N5CCN(C)CC5)cc4)[nH]nc3n2)c1Cl.